The van der Waals surface area contributed by atoms with Crippen LogP contribution < -0.4 is 4.74 Å². The van der Waals surface area contributed by atoms with Crippen molar-refractivity contribution in [3.63, 3.8) is 0 Å². The average Bonchev–Trinajstić information content (AvgIpc) is 3.04. The van der Waals surface area contributed by atoms with Crippen LogP contribution in [0.2, 0.25) is 0 Å². The fourth-order valence-corrected chi connectivity index (χ4v) is 4.19. The number of hydrogen-bond donors (Lipinski definition) is 1. The lowest BCUT2D eigenvalue weighted by Gasteiger charge is -2.15. The molecule has 172 valence electrons. The van der Waals surface area contributed by atoms with Gasteiger partial charge in [-0.1, -0.05) is 55.9 Å². The van der Waals surface area contributed by atoms with Gasteiger partial charge >= 0.3 is 5.97 Å². The highest BCUT2D eigenvalue weighted by molar-refractivity contribution is 7.47. The van der Waals surface area contributed by atoms with Gasteiger partial charge in [0.25, 0.3) is 0 Å². The quantitative estimate of drug-likeness (QED) is 0.280. The monoisotopic (exact) mass is 448 g/mol. The first-order chi connectivity index (χ1) is 15.0. The minimum atomic E-state index is -0.808. The molecule has 1 aliphatic rings. The molecule has 0 radical (unpaired) electrons. The normalized spacial score (nSPS) is 14.1. The maximum atomic E-state index is 11.2. The second-order valence-corrected chi connectivity index (χ2v) is 8.28. The van der Waals surface area contributed by atoms with Crippen LogP contribution in [0.5, 0.6) is 5.75 Å². The summed E-state index contributed by atoms with van der Waals surface area (Å²) in [6, 6.07) is 7.98. The number of carbonyl (C=O) groups is 1. The lowest BCUT2D eigenvalue weighted by Crippen LogP contribution is -2.11. The molecular formula is C25H37O5P. The molecule has 0 amide bonds. The number of benzene rings is 1. The van der Waals surface area contributed by atoms with Gasteiger partial charge in [-0.05, 0) is 56.9 Å². The Morgan fingerprint density at radius 2 is 1.74 bits per heavy atom. The Morgan fingerprint density at radius 1 is 1.10 bits per heavy atom. The summed E-state index contributed by atoms with van der Waals surface area (Å²) in [5.41, 5.74) is 3.04. The molecule has 1 aromatic carbocycles. The Kier molecular flexibility index (Phi) is 13.8. The SMILES string of the molecule is CC.CCOP(CCCOc1ccc(C2=CC=C(C(C)C(=O)O)CC=C2)cc1)OCC. The lowest BCUT2D eigenvalue weighted by molar-refractivity contribution is -0.139. The van der Waals surface area contributed by atoms with Crippen LogP contribution in [0.3, 0.4) is 0 Å². The number of rotatable bonds is 12. The molecule has 1 unspecified atom stereocenters. The molecule has 0 aromatic heterocycles. The van der Waals surface area contributed by atoms with Crippen LogP contribution >= 0.6 is 8.38 Å². The number of hydrogen-bond acceptors (Lipinski definition) is 4. The lowest BCUT2D eigenvalue weighted by atomic mass is 9.98. The summed E-state index contributed by atoms with van der Waals surface area (Å²) in [5.74, 6) is -0.435. The average molecular weight is 449 g/mol. The standard InChI is InChI=1S/C23H31O5P.C2H6/c1-4-27-29(28-5-2)17-7-16-26-22-14-12-21(13-15-22)20-9-6-8-19(10-11-20)18(3)23(24)25;1-2/h6,9-15,18H,4-5,7-8,16-17H2,1-3H3,(H,24,25);1-2H3. The molecule has 1 N–H and O–H groups in total. The number of carboxylic acid groups (broad SMARTS) is 1. The molecule has 1 atom stereocenters. The van der Waals surface area contributed by atoms with Crippen molar-refractivity contribution >= 4 is 19.9 Å². The number of allylic oxidation sites excluding steroid dienone is 5. The van der Waals surface area contributed by atoms with Gasteiger partial charge in [0.15, 0.2) is 8.38 Å². The first-order valence-electron chi connectivity index (χ1n) is 11.1. The zero-order chi connectivity index (χ0) is 23.1. The Bertz CT molecular complexity index is 731. The Morgan fingerprint density at radius 3 is 2.32 bits per heavy atom. The van der Waals surface area contributed by atoms with Crippen molar-refractivity contribution in [1.29, 1.82) is 0 Å². The summed E-state index contributed by atoms with van der Waals surface area (Å²) in [7, 11) is -0.808. The van der Waals surface area contributed by atoms with Crippen LogP contribution in [-0.4, -0.2) is 37.1 Å². The van der Waals surface area contributed by atoms with E-state index in [2.05, 4.69) is 0 Å². The van der Waals surface area contributed by atoms with E-state index in [4.69, 9.17) is 13.8 Å². The van der Waals surface area contributed by atoms with Crippen molar-refractivity contribution < 1.29 is 23.7 Å². The van der Waals surface area contributed by atoms with Gasteiger partial charge < -0.3 is 18.9 Å². The summed E-state index contributed by atoms with van der Waals surface area (Å²) >= 11 is 0. The molecule has 1 aliphatic carbocycles. The Hall–Kier alpha value is -1.94. The molecule has 0 saturated carbocycles. The highest BCUT2D eigenvalue weighted by Crippen LogP contribution is 2.38. The second kappa shape index (κ2) is 15.8. The number of aliphatic carboxylic acids is 1. The molecule has 5 nitrogen and oxygen atoms in total. The molecule has 0 spiro atoms. The van der Waals surface area contributed by atoms with Crippen molar-refractivity contribution in [3.05, 3.63) is 59.7 Å². The zero-order valence-corrected chi connectivity index (χ0v) is 20.4. The van der Waals surface area contributed by atoms with Gasteiger partial charge in [0.05, 0.1) is 25.7 Å². The van der Waals surface area contributed by atoms with Gasteiger partial charge in [-0.2, -0.15) is 0 Å². The first kappa shape index (κ1) is 27.1. The van der Waals surface area contributed by atoms with Crippen molar-refractivity contribution in [2.24, 2.45) is 5.92 Å². The molecule has 6 heteroatoms. The molecule has 0 saturated heterocycles. The van der Waals surface area contributed by atoms with Crippen LogP contribution in [0, 0.1) is 5.92 Å². The minimum Gasteiger partial charge on any atom is -0.494 e. The van der Waals surface area contributed by atoms with E-state index in [1.54, 1.807) is 6.92 Å². The minimum absolute atomic E-state index is 0.475. The maximum Gasteiger partial charge on any atom is 0.310 e. The fourth-order valence-electron chi connectivity index (χ4n) is 2.90. The fraction of sp³-hybridized carbons (Fsp3) is 0.480. The third-order valence-electron chi connectivity index (χ3n) is 4.54. The highest BCUT2D eigenvalue weighted by Gasteiger charge is 2.16. The summed E-state index contributed by atoms with van der Waals surface area (Å²) in [6.07, 6.45) is 10.4. The summed E-state index contributed by atoms with van der Waals surface area (Å²) in [6.45, 7) is 11.6. The van der Waals surface area contributed by atoms with Gasteiger partial charge in [0.1, 0.15) is 5.75 Å². The van der Waals surface area contributed by atoms with Crippen molar-refractivity contribution in [2.75, 3.05) is 26.0 Å². The van der Waals surface area contributed by atoms with E-state index in [1.807, 2.05) is 76.3 Å². The van der Waals surface area contributed by atoms with E-state index in [-0.39, 0.29) is 0 Å². The molecule has 2 rings (SSSR count). The maximum absolute atomic E-state index is 11.2. The zero-order valence-electron chi connectivity index (χ0n) is 19.5. The molecule has 0 fully saturated rings. The van der Waals surface area contributed by atoms with Crippen molar-refractivity contribution in [3.8, 4) is 5.75 Å². The van der Waals surface area contributed by atoms with Gasteiger partial charge in [-0.3, -0.25) is 4.79 Å². The van der Waals surface area contributed by atoms with Crippen LogP contribution in [0.1, 0.15) is 53.0 Å². The molecule has 1 aromatic rings. The van der Waals surface area contributed by atoms with E-state index in [9.17, 15) is 9.90 Å². The highest BCUT2D eigenvalue weighted by atomic mass is 31.2. The predicted octanol–water partition coefficient (Wildman–Crippen LogP) is 6.86. The predicted molar refractivity (Wildman–Crippen MR) is 130 cm³/mol. The third-order valence-corrected chi connectivity index (χ3v) is 6.32. The van der Waals surface area contributed by atoms with Crippen molar-refractivity contribution in [1.82, 2.24) is 0 Å². The van der Waals surface area contributed by atoms with Crippen LogP contribution in [0.4, 0.5) is 0 Å². The second-order valence-electron chi connectivity index (χ2n) is 6.65. The molecule has 0 bridgehead atoms. The summed E-state index contributed by atoms with van der Waals surface area (Å²) in [4.78, 5) is 11.2. The molecule has 31 heavy (non-hydrogen) atoms. The topological polar surface area (TPSA) is 65.0 Å². The third kappa shape index (κ3) is 9.82. The van der Waals surface area contributed by atoms with Gasteiger partial charge in [0.2, 0.25) is 0 Å². The summed E-state index contributed by atoms with van der Waals surface area (Å²) < 4.78 is 17.0. The number of carboxylic acids is 1. The van der Waals surface area contributed by atoms with E-state index in [0.29, 0.717) is 26.2 Å². The van der Waals surface area contributed by atoms with E-state index < -0.39 is 20.3 Å². The molecular weight excluding hydrogens is 411 g/mol. The van der Waals surface area contributed by atoms with E-state index in [0.717, 1.165) is 35.0 Å². The Balaban J connectivity index is 0.00000233. The summed E-state index contributed by atoms with van der Waals surface area (Å²) in [5, 5.41) is 9.20. The van der Waals surface area contributed by atoms with E-state index in [1.165, 1.54) is 0 Å². The largest absolute Gasteiger partial charge is 0.494 e. The van der Waals surface area contributed by atoms with E-state index >= 15 is 0 Å². The first-order valence-corrected chi connectivity index (χ1v) is 12.5. The smallest absolute Gasteiger partial charge is 0.310 e. The van der Waals surface area contributed by atoms with Crippen LogP contribution in [0.25, 0.3) is 5.57 Å². The van der Waals surface area contributed by atoms with Gasteiger partial charge in [-0.25, -0.2) is 0 Å². The molecule has 0 aliphatic heterocycles. The number of ether oxygens (including phenoxy) is 1. The van der Waals surface area contributed by atoms with Gasteiger partial charge in [0, 0.05) is 6.16 Å². The Labute approximate surface area is 188 Å². The van der Waals surface area contributed by atoms with Crippen molar-refractivity contribution in [2.45, 2.75) is 47.5 Å². The molecule has 0 heterocycles. The van der Waals surface area contributed by atoms with Gasteiger partial charge in [-0.15, -0.1) is 0 Å². The van der Waals surface area contributed by atoms with Crippen LogP contribution in [-0.2, 0) is 13.8 Å². The van der Waals surface area contributed by atoms with Crippen LogP contribution in [0.15, 0.2) is 54.1 Å².